The second-order valence-corrected chi connectivity index (χ2v) is 4.46. The van der Waals surface area contributed by atoms with Gasteiger partial charge in [0.15, 0.2) is 0 Å². The van der Waals surface area contributed by atoms with Gasteiger partial charge in [0, 0.05) is 24.5 Å². The normalized spacial score (nSPS) is 10.9. The fourth-order valence-corrected chi connectivity index (χ4v) is 2.05. The second-order valence-electron chi connectivity index (χ2n) is 4.46. The minimum absolute atomic E-state index is 0.261. The molecule has 0 spiro atoms. The lowest BCUT2D eigenvalue weighted by atomic mass is 10.0. The van der Waals surface area contributed by atoms with E-state index < -0.39 is 0 Å². The molecule has 96 valence electrons. The van der Waals surface area contributed by atoms with Gasteiger partial charge in [-0.2, -0.15) is 0 Å². The molecular formula is C14H23FN2. The van der Waals surface area contributed by atoms with E-state index in [4.69, 9.17) is 5.73 Å². The summed E-state index contributed by atoms with van der Waals surface area (Å²) >= 11 is 0. The lowest BCUT2D eigenvalue weighted by Crippen LogP contribution is -2.29. The van der Waals surface area contributed by atoms with Crippen LogP contribution in [0.5, 0.6) is 0 Å². The summed E-state index contributed by atoms with van der Waals surface area (Å²) in [4.78, 5) is 2.19. The molecule has 2 nitrogen and oxygen atoms in total. The molecule has 17 heavy (non-hydrogen) atoms. The first-order valence-corrected chi connectivity index (χ1v) is 6.41. The lowest BCUT2D eigenvalue weighted by Gasteiger charge is -2.27. The quantitative estimate of drug-likeness (QED) is 0.766. The third-order valence-corrected chi connectivity index (χ3v) is 3.29. The third-order valence-electron chi connectivity index (χ3n) is 3.29. The number of hydrogen-bond acceptors (Lipinski definition) is 2. The van der Waals surface area contributed by atoms with Gasteiger partial charge in [-0.15, -0.1) is 0 Å². The summed E-state index contributed by atoms with van der Waals surface area (Å²) in [6, 6.07) is 4.76. The van der Waals surface area contributed by atoms with E-state index in [2.05, 4.69) is 25.7 Å². The van der Waals surface area contributed by atoms with E-state index in [0.29, 0.717) is 11.6 Å². The molecule has 0 bridgehead atoms. The van der Waals surface area contributed by atoms with Crippen molar-refractivity contribution in [2.24, 2.45) is 5.92 Å². The molecule has 0 aliphatic carbocycles. The predicted octanol–water partition coefficient (Wildman–Crippen LogP) is 3.67. The third kappa shape index (κ3) is 3.91. The van der Waals surface area contributed by atoms with Crippen molar-refractivity contribution >= 4 is 11.4 Å². The molecule has 0 aliphatic heterocycles. The molecule has 0 fully saturated rings. The predicted molar refractivity (Wildman–Crippen MR) is 72.8 cm³/mol. The van der Waals surface area contributed by atoms with E-state index >= 15 is 0 Å². The molecule has 0 unspecified atom stereocenters. The Kier molecular flexibility index (Phi) is 5.26. The van der Waals surface area contributed by atoms with Gasteiger partial charge < -0.3 is 10.6 Å². The summed E-state index contributed by atoms with van der Waals surface area (Å²) in [5, 5.41) is 0. The molecule has 0 saturated carbocycles. The Morgan fingerprint density at radius 2 is 1.82 bits per heavy atom. The number of anilines is 2. The minimum atomic E-state index is -0.261. The van der Waals surface area contributed by atoms with Crippen molar-refractivity contribution in [1.82, 2.24) is 0 Å². The highest BCUT2D eigenvalue weighted by atomic mass is 19.1. The van der Waals surface area contributed by atoms with Crippen LogP contribution < -0.4 is 10.6 Å². The van der Waals surface area contributed by atoms with E-state index in [-0.39, 0.29) is 5.82 Å². The molecule has 1 aromatic carbocycles. The highest BCUT2D eigenvalue weighted by Crippen LogP contribution is 2.22. The molecule has 0 aliphatic rings. The van der Waals surface area contributed by atoms with Crippen molar-refractivity contribution in [2.75, 3.05) is 23.7 Å². The summed E-state index contributed by atoms with van der Waals surface area (Å²) in [7, 11) is 0. The van der Waals surface area contributed by atoms with E-state index in [1.807, 2.05) is 6.07 Å². The van der Waals surface area contributed by atoms with Crippen LogP contribution in [0, 0.1) is 11.7 Å². The maximum atomic E-state index is 13.3. The summed E-state index contributed by atoms with van der Waals surface area (Å²) in [5.74, 6) is 0.391. The van der Waals surface area contributed by atoms with E-state index in [1.54, 1.807) is 6.07 Å². The van der Waals surface area contributed by atoms with Crippen LogP contribution in [0.25, 0.3) is 0 Å². The highest BCUT2D eigenvalue weighted by molar-refractivity contribution is 5.56. The van der Waals surface area contributed by atoms with Crippen molar-refractivity contribution in [1.29, 1.82) is 0 Å². The zero-order valence-corrected chi connectivity index (χ0v) is 11.0. The molecule has 0 aromatic heterocycles. The van der Waals surface area contributed by atoms with Gasteiger partial charge >= 0.3 is 0 Å². The van der Waals surface area contributed by atoms with Gasteiger partial charge in [0.25, 0.3) is 0 Å². The Bertz CT molecular complexity index is 328. The zero-order chi connectivity index (χ0) is 12.8. The van der Waals surface area contributed by atoms with Gasteiger partial charge in [-0.3, -0.25) is 0 Å². The van der Waals surface area contributed by atoms with Crippen LogP contribution in [0.1, 0.15) is 33.6 Å². The van der Waals surface area contributed by atoms with Crippen LogP contribution in [-0.2, 0) is 0 Å². The Hall–Kier alpha value is -1.25. The van der Waals surface area contributed by atoms with Gasteiger partial charge in [0.2, 0.25) is 0 Å². The maximum absolute atomic E-state index is 13.3. The first-order valence-electron chi connectivity index (χ1n) is 6.41. The number of hydrogen-bond donors (Lipinski definition) is 1. The molecule has 0 radical (unpaired) electrons. The maximum Gasteiger partial charge on any atom is 0.127 e. The molecule has 0 atom stereocenters. The molecular weight excluding hydrogens is 215 g/mol. The summed E-state index contributed by atoms with van der Waals surface area (Å²) in [6.45, 7) is 8.32. The first-order chi connectivity index (χ1) is 8.10. The SMILES string of the molecule is CCC(CC)CN(CC)c1cc(N)cc(F)c1. The fraction of sp³-hybridized carbons (Fsp3) is 0.571. The van der Waals surface area contributed by atoms with Crippen LogP contribution in [-0.4, -0.2) is 13.1 Å². The van der Waals surface area contributed by atoms with Crippen LogP contribution in [0.3, 0.4) is 0 Å². The van der Waals surface area contributed by atoms with Gasteiger partial charge in [0.05, 0.1) is 0 Å². The van der Waals surface area contributed by atoms with Crippen LogP contribution in [0.4, 0.5) is 15.8 Å². The number of rotatable bonds is 6. The van der Waals surface area contributed by atoms with E-state index in [0.717, 1.165) is 31.6 Å². The largest absolute Gasteiger partial charge is 0.399 e. The van der Waals surface area contributed by atoms with Gasteiger partial charge in [-0.25, -0.2) is 4.39 Å². The van der Waals surface area contributed by atoms with Gasteiger partial charge in [-0.1, -0.05) is 26.7 Å². The number of nitrogens with zero attached hydrogens (tertiary/aromatic N) is 1. The summed E-state index contributed by atoms with van der Waals surface area (Å²) < 4.78 is 13.3. The second kappa shape index (κ2) is 6.48. The monoisotopic (exact) mass is 238 g/mol. The summed E-state index contributed by atoms with van der Waals surface area (Å²) in [6.07, 6.45) is 2.30. The van der Waals surface area contributed by atoms with Crippen molar-refractivity contribution in [2.45, 2.75) is 33.6 Å². The fourth-order valence-electron chi connectivity index (χ4n) is 2.05. The molecule has 1 rings (SSSR count). The highest BCUT2D eigenvalue weighted by Gasteiger charge is 2.11. The first kappa shape index (κ1) is 13.8. The molecule has 1 aromatic rings. The van der Waals surface area contributed by atoms with Crippen molar-refractivity contribution < 1.29 is 4.39 Å². The van der Waals surface area contributed by atoms with Gasteiger partial charge in [-0.05, 0) is 31.0 Å². The van der Waals surface area contributed by atoms with Crippen LogP contribution in [0.15, 0.2) is 18.2 Å². The Labute approximate surface area is 104 Å². The number of nitrogen functional groups attached to an aromatic ring is 1. The van der Waals surface area contributed by atoms with Crippen molar-refractivity contribution in [3.8, 4) is 0 Å². The molecule has 2 N–H and O–H groups in total. The Balaban J connectivity index is 2.85. The van der Waals surface area contributed by atoms with Crippen molar-refractivity contribution in [3.05, 3.63) is 24.0 Å². The average molecular weight is 238 g/mol. The Morgan fingerprint density at radius 3 is 2.29 bits per heavy atom. The molecule has 0 amide bonds. The summed E-state index contributed by atoms with van der Waals surface area (Å²) in [5.41, 5.74) is 7.06. The molecule has 0 heterocycles. The van der Waals surface area contributed by atoms with Crippen LogP contribution in [0.2, 0.25) is 0 Å². The Morgan fingerprint density at radius 1 is 1.18 bits per heavy atom. The van der Waals surface area contributed by atoms with Gasteiger partial charge in [0.1, 0.15) is 5.82 Å². The van der Waals surface area contributed by atoms with Crippen LogP contribution >= 0.6 is 0 Å². The average Bonchev–Trinajstić information content (AvgIpc) is 2.29. The number of halogens is 1. The lowest BCUT2D eigenvalue weighted by molar-refractivity contribution is 0.485. The minimum Gasteiger partial charge on any atom is -0.399 e. The number of nitrogens with two attached hydrogens (primary N) is 1. The van der Waals surface area contributed by atoms with E-state index in [1.165, 1.54) is 6.07 Å². The zero-order valence-electron chi connectivity index (χ0n) is 11.0. The number of benzene rings is 1. The van der Waals surface area contributed by atoms with E-state index in [9.17, 15) is 4.39 Å². The molecule has 3 heteroatoms. The van der Waals surface area contributed by atoms with Crippen molar-refractivity contribution in [3.63, 3.8) is 0 Å². The molecule has 0 saturated heterocycles. The smallest absolute Gasteiger partial charge is 0.127 e. The standard InChI is InChI=1S/C14H23FN2/c1-4-11(5-2)10-17(6-3)14-8-12(15)7-13(16)9-14/h7-9,11H,4-6,10,16H2,1-3H3. The topological polar surface area (TPSA) is 29.3 Å².